The van der Waals surface area contributed by atoms with Crippen LogP contribution in [0.3, 0.4) is 0 Å². The molecule has 0 aromatic heterocycles. The highest BCUT2D eigenvalue weighted by Gasteiger charge is 2.15. The molecule has 0 nitrogen and oxygen atoms in total. The SMILES string of the molecule is Pc1c(Cl)c(Cl)c(Cl)c(Cl)c1Cl. The van der Waals surface area contributed by atoms with Crippen LogP contribution in [0.1, 0.15) is 0 Å². The number of halogens is 5. The Labute approximate surface area is 97.3 Å². The Kier molecular flexibility index (Phi) is 3.81. The zero-order valence-electron chi connectivity index (χ0n) is 5.47. The van der Waals surface area contributed by atoms with Crippen molar-refractivity contribution in [2.24, 2.45) is 0 Å². The average molecular weight is 282 g/mol. The van der Waals surface area contributed by atoms with Gasteiger partial charge in [0.25, 0.3) is 0 Å². The van der Waals surface area contributed by atoms with Gasteiger partial charge in [0.05, 0.1) is 25.1 Å². The molecule has 66 valence electrons. The van der Waals surface area contributed by atoms with Crippen molar-refractivity contribution in [1.82, 2.24) is 0 Å². The van der Waals surface area contributed by atoms with Crippen molar-refractivity contribution in [2.75, 3.05) is 0 Å². The molecule has 0 spiro atoms. The molecular weight excluding hydrogens is 280 g/mol. The summed E-state index contributed by atoms with van der Waals surface area (Å²) in [5.41, 5.74) is 0. The summed E-state index contributed by atoms with van der Waals surface area (Å²) in [5.74, 6) is 0. The third kappa shape index (κ3) is 1.80. The highest BCUT2D eigenvalue weighted by atomic mass is 35.5. The Bertz CT molecular complexity index is 230. The molecule has 0 aliphatic carbocycles. The molecule has 1 unspecified atom stereocenters. The molecule has 0 aliphatic heterocycles. The smallest absolute Gasteiger partial charge is 0.0809 e. The Morgan fingerprint density at radius 1 is 0.583 bits per heavy atom. The molecule has 12 heavy (non-hydrogen) atoms. The summed E-state index contributed by atoms with van der Waals surface area (Å²) in [7, 11) is 2.34. The van der Waals surface area contributed by atoms with Gasteiger partial charge in [-0.3, -0.25) is 0 Å². The van der Waals surface area contributed by atoms with Crippen LogP contribution in [0.4, 0.5) is 0 Å². The lowest BCUT2D eigenvalue weighted by atomic mass is 10.3. The molecule has 0 fully saturated rings. The normalized spacial score (nSPS) is 10.5. The first-order valence-electron chi connectivity index (χ1n) is 2.73. The van der Waals surface area contributed by atoms with Crippen LogP contribution in [-0.4, -0.2) is 0 Å². The summed E-state index contributed by atoms with van der Waals surface area (Å²) in [5, 5.41) is 1.79. The molecule has 0 saturated carbocycles. The van der Waals surface area contributed by atoms with Gasteiger partial charge in [-0.15, -0.1) is 9.24 Å². The maximum Gasteiger partial charge on any atom is 0.0809 e. The molecule has 0 N–H and O–H groups in total. The number of rotatable bonds is 0. The highest BCUT2D eigenvalue weighted by Crippen LogP contribution is 2.39. The molecular formula is C6H2Cl5P. The van der Waals surface area contributed by atoms with Crippen LogP contribution in [0.5, 0.6) is 0 Å². The summed E-state index contributed by atoms with van der Waals surface area (Å²) in [4.78, 5) is 0. The lowest BCUT2D eigenvalue weighted by Crippen LogP contribution is -1.97. The van der Waals surface area contributed by atoms with E-state index in [-0.39, 0.29) is 15.1 Å². The van der Waals surface area contributed by atoms with Crippen molar-refractivity contribution in [3.8, 4) is 0 Å². The summed E-state index contributed by atoms with van der Waals surface area (Å²) >= 11 is 28.8. The lowest BCUT2D eigenvalue weighted by Gasteiger charge is -2.07. The van der Waals surface area contributed by atoms with Crippen LogP contribution in [-0.2, 0) is 0 Å². The Morgan fingerprint density at radius 2 is 0.833 bits per heavy atom. The molecule has 1 atom stereocenters. The standard InChI is InChI=1S/C6H2Cl5P/c7-1-2(8)4(10)6(12)5(11)3(1)9/h12H2. The van der Waals surface area contributed by atoms with Gasteiger partial charge in [0.2, 0.25) is 0 Å². The third-order valence-corrected chi connectivity index (χ3v) is 4.49. The number of hydrogen-bond acceptors (Lipinski definition) is 0. The van der Waals surface area contributed by atoms with E-state index in [0.29, 0.717) is 15.3 Å². The van der Waals surface area contributed by atoms with Gasteiger partial charge in [-0.25, -0.2) is 0 Å². The summed E-state index contributed by atoms with van der Waals surface area (Å²) in [6, 6.07) is 0. The molecule has 0 aliphatic rings. The second kappa shape index (κ2) is 4.09. The minimum Gasteiger partial charge on any atom is -0.102 e. The van der Waals surface area contributed by atoms with Crippen molar-refractivity contribution in [3.63, 3.8) is 0 Å². The van der Waals surface area contributed by atoms with Gasteiger partial charge in [-0.1, -0.05) is 58.0 Å². The zero-order chi connectivity index (χ0) is 9.46. The minimum absolute atomic E-state index is 0.180. The van der Waals surface area contributed by atoms with Crippen molar-refractivity contribution in [2.45, 2.75) is 0 Å². The fraction of sp³-hybridized carbons (Fsp3) is 0. The van der Waals surface area contributed by atoms with E-state index >= 15 is 0 Å². The van der Waals surface area contributed by atoms with E-state index in [4.69, 9.17) is 58.0 Å². The van der Waals surface area contributed by atoms with Crippen molar-refractivity contribution >= 4 is 72.5 Å². The largest absolute Gasteiger partial charge is 0.102 e. The van der Waals surface area contributed by atoms with Crippen LogP contribution in [0.25, 0.3) is 0 Å². The van der Waals surface area contributed by atoms with E-state index in [0.717, 1.165) is 0 Å². The molecule has 0 saturated heterocycles. The predicted molar refractivity (Wildman–Crippen MR) is 60.8 cm³/mol. The maximum absolute atomic E-state index is 5.78. The number of hydrogen-bond donors (Lipinski definition) is 0. The second-order valence-corrected chi connectivity index (χ2v) is 4.45. The number of benzene rings is 1. The van der Waals surface area contributed by atoms with Crippen LogP contribution in [0, 0.1) is 0 Å². The van der Waals surface area contributed by atoms with Gasteiger partial charge in [0.1, 0.15) is 0 Å². The first kappa shape index (κ1) is 11.2. The second-order valence-electron chi connectivity index (χ2n) is 1.98. The molecule has 6 heteroatoms. The maximum atomic E-state index is 5.78. The van der Waals surface area contributed by atoms with Gasteiger partial charge in [-0.05, 0) is 0 Å². The van der Waals surface area contributed by atoms with Crippen LogP contribution < -0.4 is 5.30 Å². The fourth-order valence-corrected chi connectivity index (χ4v) is 2.25. The summed E-state index contributed by atoms with van der Waals surface area (Å²) in [6.07, 6.45) is 0. The topological polar surface area (TPSA) is 0 Å². The first-order chi connectivity index (χ1) is 5.46. The zero-order valence-corrected chi connectivity index (χ0v) is 10.4. The summed E-state index contributed by atoms with van der Waals surface area (Å²) < 4.78 is 0. The van der Waals surface area contributed by atoms with E-state index in [1.807, 2.05) is 0 Å². The van der Waals surface area contributed by atoms with Crippen LogP contribution >= 0.6 is 67.2 Å². The molecule has 0 bridgehead atoms. The van der Waals surface area contributed by atoms with Crippen LogP contribution in [0.15, 0.2) is 0 Å². The highest BCUT2D eigenvalue weighted by molar-refractivity contribution is 7.28. The average Bonchev–Trinajstić information content (AvgIpc) is 2.08. The van der Waals surface area contributed by atoms with Gasteiger partial charge in [-0.2, -0.15) is 0 Å². The van der Waals surface area contributed by atoms with Gasteiger partial charge in [0.15, 0.2) is 0 Å². The molecule has 1 aromatic carbocycles. The van der Waals surface area contributed by atoms with Crippen molar-refractivity contribution in [3.05, 3.63) is 25.1 Å². The van der Waals surface area contributed by atoms with E-state index < -0.39 is 0 Å². The quantitative estimate of drug-likeness (QED) is 0.374. The molecule has 0 radical (unpaired) electrons. The molecule has 0 amide bonds. The monoisotopic (exact) mass is 280 g/mol. The Hall–Kier alpha value is 1.10. The van der Waals surface area contributed by atoms with Crippen molar-refractivity contribution < 1.29 is 0 Å². The minimum atomic E-state index is 0.180. The molecule has 1 rings (SSSR count). The third-order valence-electron chi connectivity index (χ3n) is 1.24. The van der Waals surface area contributed by atoms with Crippen LogP contribution in [0.2, 0.25) is 25.1 Å². The first-order valence-corrected chi connectivity index (χ1v) is 5.20. The predicted octanol–water partition coefficient (Wildman–Crippen LogP) is 4.45. The van der Waals surface area contributed by atoms with Gasteiger partial charge in [0, 0.05) is 5.30 Å². The van der Waals surface area contributed by atoms with E-state index in [2.05, 4.69) is 9.24 Å². The lowest BCUT2D eigenvalue weighted by molar-refractivity contribution is 1.75. The van der Waals surface area contributed by atoms with E-state index in [1.54, 1.807) is 0 Å². The van der Waals surface area contributed by atoms with E-state index in [1.165, 1.54) is 0 Å². The Balaban J connectivity index is 3.60. The molecule has 1 aromatic rings. The Morgan fingerprint density at radius 3 is 1.17 bits per heavy atom. The van der Waals surface area contributed by atoms with E-state index in [9.17, 15) is 0 Å². The van der Waals surface area contributed by atoms with Gasteiger partial charge >= 0.3 is 0 Å². The van der Waals surface area contributed by atoms with Crippen molar-refractivity contribution in [1.29, 1.82) is 0 Å². The summed E-state index contributed by atoms with van der Waals surface area (Å²) in [6.45, 7) is 0. The molecule has 0 heterocycles. The fourth-order valence-electron chi connectivity index (χ4n) is 0.622. The van der Waals surface area contributed by atoms with Gasteiger partial charge < -0.3 is 0 Å².